The second-order valence-electron chi connectivity index (χ2n) is 5.31. The van der Waals surface area contributed by atoms with Crippen molar-refractivity contribution < 1.29 is 14.5 Å². The highest BCUT2D eigenvalue weighted by Gasteiger charge is 2.34. The van der Waals surface area contributed by atoms with Crippen molar-refractivity contribution in [3.8, 4) is 5.75 Å². The van der Waals surface area contributed by atoms with Crippen molar-refractivity contribution >= 4 is 29.7 Å². The average molecular weight is 330 g/mol. The van der Waals surface area contributed by atoms with Crippen LogP contribution in [-0.2, 0) is 4.79 Å². The van der Waals surface area contributed by atoms with Crippen LogP contribution in [-0.4, -0.2) is 30.0 Å². The molecule has 1 aliphatic heterocycles. The normalized spacial score (nSPS) is 20.6. The van der Waals surface area contributed by atoms with E-state index in [-0.39, 0.29) is 29.8 Å². The van der Waals surface area contributed by atoms with Crippen molar-refractivity contribution in [2.45, 2.75) is 31.7 Å². The molecule has 1 heterocycles. The maximum atomic E-state index is 12.4. The summed E-state index contributed by atoms with van der Waals surface area (Å²) in [7, 11) is 1.37. The molecule has 1 fully saturated rings. The highest BCUT2D eigenvalue weighted by atomic mass is 35.5. The summed E-state index contributed by atoms with van der Waals surface area (Å²) >= 11 is 0. The lowest BCUT2D eigenvalue weighted by Gasteiger charge is -2.33. The van der Waals surface area contributed by atoms with Gasteiger partial charge in [-0.2, -0.15) is 0 Å². The summed E-state index contributed by atoms with van der Waals surface area (Å²) in [4.78, 5) is 22.8. The Labute approximate surface area is 135 Å². The molecule has 7 nitrogen and oxygen atoms in total. The van der Waals surface area contributed by atoms with Crippen molar-refractivity contribution in [1.82, 2.24) is 5.32 Å². The first kappa shape index (κ1) is 18.2. The minimum absolute atomic E-state index is 0. The number of ether oxygens (including phenoxy) is 1. The third-order valence-electron chi connectivity index (χ3n) is 3.75. The van der Waals surface area contributed by atoms with Crippen LogP contribution in [0.2, 0.25) is 0 Å². The quantitative estimate of drug-likeness (QED) is 0.654. The molecule has 0 aromatic heterocycles. The van der Waals surface area contributed by atoms with E-state index >= 15 is 0 Å². The molecular formula is C14H20ClN3O4. The zero-order valence-electron chi connectivity index (χ0n) is 12.5. The van der Waals surface area contributed by atoms with Crippen molar-refractivity contribution in [1.29, 1.82) is 0 Å². The van der Waals surface area contributed by atoms with Gasteiger partial charge in [-0.05, 0) is 44.9 Å². The Bertz CT molecular complexity index is 559. The van der Waals surface area contributed by atoms with E-state index in [1.807, 2.05) is 6.92 Å². The SMILES string of the molecule is COc1ccc(NC(=O)C2(C)CCCCN2)cc1[N+](=O)[O-].Cl. The van der Waals surface area contributed by atoms with Gasteiger partial charge in [-0.3, -0.25) is 14.9 Å². The molecule has 1 aliphatic rings. The molecule has 22 heavy (non-hydrogen) atoms. The maximum Gasteiger partial charge on any atom is 0.312 e. The fourth-order valence-electron chi connectivity index (χ4n) is 2.43. The number of rotatable bonds is 4. The lowest BCUT2D eigenvalue weighted by Crippen LogP contribution is -2.54. The molecule has 0 spiro atoms. The van der Waals surface area contributed by atoms with Crippen LogP contribution in [0.15, 0.2) is 18.2 Å². The first-order chi connectivity index (χ1) is 9.96. The third-order valence-corrected chi connectivity index (χ3v) is 3.75. The molecule has 0 aliphatic carbocycles. The second-order valence-corrected chi connectivity index (χ2v) is 5.31. The summed E-state index contributed by atoms with van der Waals surface area (Å²) < 4.78 is 4.94. The molecular weight excluding hydrogens is 310 g/mol. The number of nitro benzene ring substituents is 1. The number of carbonyl (C=O) groups excluding carboxylic acids is 1. The Morgan fingerprint density at radius 3 is 2.73 bits per heavy atom. The monoisotopic (exact) mass is 329 g/mol. The highest BCUT2D eigenvalue weighted by molar-refractivity contribution is 5.98. The topological polar surface area (TPSA) is 93.5 Å². The maximum absolute atomic E-state index is 12.4. The van der Waals surface area contributed by atoms with Gasteiger partial charge < -0.3 is 15.4 Å². The van der Waals surface area contributed by atoms with Crippen molar-refractivity contribution in [3.63, 3.8) is 0 Å². The van der Waals surface area contributed by atoms with Crippen molar-refractivity contribution in [2.75, 3.05) is 19.0 Å². The zero-order valence-corrected chi connectivity index (χ0v) is 13.4. The first-order valence-electron chi connectivity index (χ1n) is 6.85. The Kier molecular flexibility index (Phi) is 6.13. The first-order valence-corrected chi connectivity index (χ1v) is 6.85. The van der Waals surface area contributed by atoms with Gasteiger partial charge in [-0.1, -0.05) is 0 Å². The van der Waals surface area contributed by atoms with E-state index in [2.05, 4.69) is 10.6 Å². The third kappa shape index (κ3) is 3.86. The fraction of sp³-hybridized carbons (Fsp3) is 0.500. The molecule has 1 unspecified atom stereocenters. The van der Waals surface area contributed by atoms with Crippen molar-refractivity contribution in [2.24, 2.45) is 0 Å². The van der Waals surface area contributed by atoms with Crippen LogP contribution in [0.25, 0.3) is 0 Å². The molecule has 1 amide bonds. The summed E-state index contributed by atoms with van der Waals surface area (Å²) in [5, 5.41) is 16.9. The summed E-state index contributed by atoms with van der Waals surface area (Å²) in [6.45, 7) is 2.64. The fourth-order valence-corrected chi connectivity index (χ4v) is 2.43. The number of hydrogen-bond donors (Lipinski definition) is 2. The molecule has 1 atom stereocenters. The summed E-state index contributed by atoms with van der Waals surface area (Å²) in [5.41, 5.74) is -0.411. The molecule has 0 saturated carbocycles. The van der Waals surface area contributed by atoms with Gasteiger partial charge in [0.05, 0.1) is 17.6 Å². The Balaban J connectivity index is 0.00000242. The highest BCUT2D eigenvalue weighted by Crippen LogP contribution is 2.30. The van der Waals surface area contributed by atoms with Gasteiger partial charge in [-0.15, -0.1) is 12.4 Å². The number of hydrogen-bond acceptors (Lipinski definition) is 5. The van der Waals surface area contributed by atoms with E-state index < -0.39 is 10.5 Å². The summed E-state index contributed by atoms with van der Waals surface area (Å²) in [6, 6.07) is 4.38. The van der Waals surface area contributed by atoms with Gasteiger partial charge in [0, 0.05) is 11.8 Å². The van der Waals surface area contributed by atoms with E-state index in [4.69, 9.17) is 4.74 Å². The lowest BCUT2D eigenvalue weighted by atomic mass is 9.90. The average Bonchev–Trinajstić information content (AvgIpc) is 2.47. The van der Waals surface area contributed by atoms with Crippen LogP contribution in [0, 0.1) is 10.1 Å². The van der Waals surface area contributed by atoms with Gasteiger partial charge in [0.2, 0.25) is 5.91 Å². The molecule has 1 saturated heterocycles. The Morgan fingerprint density at radius 2 is 2.18 bits per heavy atom. The van der Waals surface area contributed by atoms with Gasteiger partial charge in [-0.25, -0.2) is 0 Å². The molecule has 1 aromatic rings. The summed E-state index contributed by atoms with van der Waals surface area (Å²) in [6.07, 6.45) is 2.79. The molecule has 2 N–H and O–H groups in total. The van der Waals surface area contributed by atoms with Gasteiger partial charge in [0.1, 0.15) is 0 Å². The predicted molar refractivity (Wildman–Crippen MR) is 85.8 cm³/mol. The number of nitro groups is 1. The Morgan fingerprint density at radius 1 is 1.45 bits per heavy atom. The van der Waals surface area contributed by atoms with E-state index in [1.54, 1.807) is 6.07 Å². The van der Waals surface area contributed by atoms with Crippen LogP contribution < -0.4 is 15.4 Å². The Hall–Kier alpha value is -1.86. The molecule has 8 heteroatoms. The van der Waals surface area contributed by atoms with E-state index in [1.165, 1.54) is 19.2 Å². The number of nitrogens with one attached hydrogen (secondary N) is 2. The van der Waals surface area contributed by atoms with Crippen LogP contribution in [0.5, 0.6) is 5.75 Å². The van der Waals surface area contributed by atoms with Crippen LogP contribution in [0.4, 0.5) is 11.4 Å². The summed E-state index contributed by atoms with van der Waals surface area (Å²) in [5.74, 6) is -0.0123. The smallest absolute Gasteiger partial charge is 0.312 e. The molecule has 122 valence electrons. The minimum atomic E-state index is -0.632. The van der Waals surface area contributed by atoms with Crippen LogP contribution in [0.3, 0.4) is 0 Å². The number of amides is 1. The number of piperidine rings is 1. The lowest BCUT2D eigenvalue weighted by molar-refractivity contribution is -0.385. The van der Waals surface area contributed by atoms with Gasteiger partial charge >= 0.3 is 5.69 Å². The largest absolute Gasteiger partial charge is 0.490 e. The number of halogens is 1. The zero-order chi connectivity index (χ0) is 15.5. The van der Waals surface area contributed by atoms with Crippen LogP contribution in [0.1, 0.15) is 26.2 Å². The molecule has 0 bridgehead atoms. The van der Waals surface area contributed by atoms with E-state index in [0.717, 1.165) is 25.8 Å². The number of nitrogens with zero attached hydrogens (tertiary/aromatic N) is 1. The van der Waals surface area contributed by atoms with Gasteiger partial charge in [0.15, 0.2) is 5.75 Å². The number of benzene rings is 1. The van der Waals surface area contributed by atoms with E-state index in [0.29, 0.717) is 5.69 Å². The molecule has 2 rings (SSSR count). The molecule has 1 aromatic carbocycles. The predicted octanol–water partition coefficient (Wildman–Crippen LogP) is 2.50. The number of carbonyl (C=O) groups is 1. The molecule has 0 radical (unpaired) electrons. The number of methoxy groups -OCH3 is 1. The van der Waals surface area contributed by atoms with E-state index in [9.17, 15) is 14.9 Å². The number of anilines is 1. The second kappa shape index (κ2) is 7.42. The standard InChI is InChI=1S/C14H19N3O4.ClH/c1-14(7-3-4-8-15-14)13(18)16-10-5-6-12(21-2)11(9-10)17(19)20;/h5-6,9,15H,3-4,7-8H2,1-2H3,(H,16,18);1H. The minimum Gasteiger partial charge on any atom is -0.490 e. The van der Waals surface area contributed by atoms with Gasteiger partial charge in [0.25, 0.3) is 0 Å². The van der Waals surface area contributed by atoms with Crippen LogP contribution >= 0.6 is 12.4 Å². The van der Waals surface area contributed by atoms with Crippen molar-refractivity contribution in [3.05, 3.63) is 28.3 Å².